The maximum Gasteiger partial charge on any atom is 0.416 e. The highest BCUT2D eigenvalue weighted by atomic mass is 35.5. The third-order valence-electron chi connectivity index (χ3n) is 6.31. The van der Waals surface area contributed by atoms with E-state index in [-0.39, 0.29) is 11.8 Å². The van der Waals surface area contributed by atoms with Gasteiger partial charge in [0.2, 0.25) is 11.8 Å². The summed E-state index contributed by atoms with van der Waals surface area (Å²) in [5.74, 6) is -0.350. The number of carbonyl (C=O) groups is 2. The fourth-order valence-corrected chi connectivity index (χ4v) is 4.88. The standard InChI is InChI=1S/C24H25ClF3N3O2/c1-15(32)31-10-3-2-4-22(31)23(33)29-19-7-8-21(20(25)13-19)30-11-9-16-12-18(24(26,27)28)6-5-17(16)14-30/h5-8,12-13,22H,2-4,9-11,14H2,1H3,(H,29,33)/t22-/m1/s1. The number of nitrogens with one attached hydrogen (secondary N) is 1. The smallest absolute Gasteiger partial charge is 0.366 e. The second-order valence-electron chi connectivity index (χ2n) is 8.53. The fourth-order valence-electron chi connectivity index (χ4n) is 4.58. The van der Waals surface area contributed by atoms with Gasteiger partial charge in [0.15, 0.2) is 0 Å². The number of hydrogen-bond donors (Lipinski definition) is 1. The summed E-state index contributed by atoms with van der Waals surface area (Å²) >= 11 is 6.52. The number of halogens is 4. The van der Waals surface area contributed by atoms with Crippen LogP contribution >= 0.6 is 11.6 Å². The predicted octanol–water partition coefficient (Wildman–Crippen LogP) is 5.26. The lowest BCUT2D eigenvalue weighted by Crippen LogP contribution is -2.49. The number of carbonyl (C=O) groups excluding carboxylic acids is 2. The molecule has 2 aromatic rings. The first-order chi connectivity index (χ1) is 15.6. The molecule has 2 amide bonds. The minimum Gasteiger partial charge on any atom is -0.366 e. The largest absolute Gasteiger partial charge is 0.416 e. The molecule has 9 heteroatoms. The van der Waals surface area contributed by atoms with Crippen molar-refractivity contribution in [1.29, 1.82) is 0 Å². The zero-order valence-corrected chi connectivity index (χ0v) is 19.0. The van der Waals surface area contributed by atoms with Gasteiger partial charge in [-0.3, -0.25) is 9.59 Å². The lowest BCUT2D eigenvalue weighted by Gasteiger charge is -2.34. The van der Waals surface area contributed by atoms with E-state index >= 15 is 0 Å². The molecular weight excluding hydrogens is 455 g/mol. The summed E-state index contributed by atoms with van der Waals surface area (Å²) in [6.07, 6.45) is -1.46. The van der Waals surface area contributed by atoms with Gasteiger partial charge < -0.3 is 15.1 Å². The lowest BCUT2D eigenvalue weighted by atomic mass is 9.96. The molecule has 2 heterocycles. The summed E-state index contributed by atoms with van der Waals surface area (Å²) in [5, 5.41) is 3.30. The number of fused-ring (bicyclic) bond motifs is 1. The minimum atomic E-state index is -4.35. The number of alkyl halides is 3. The maximum atomic E-state index is 13.0. The van der Waals surface area contributed by atoms with Crippen molar-refractivity contribution in [1.82, 2.24) is 4.90 Å². The molecule has 2 aliphatic heterocycles. The van der Waals surface area contributed by atoms with Crippen LogP contribution in [-0.2, 0) is 28.7 Å². The number of likely N-dealkylation sites (tertiary alicyclic amines) is 1. The number of rotatable bonds is 3. The zero-order valence-electron chi connectivity index (χ0n) is 18.2. The molecule has 0 saturated carbocycles. The highest BCUT2D eigenvalue weighted by molar-refractivity contribution is 6.33. The Bertz CT molecular complexity index is 1070. The van der Waals surface area contributed by atoms with E-state index in [0.717, 1.165) is 30.2 Å². The molecule has 176 valence electrons. The molecule has 33 heavy (non-hydrogen) atoms. The second kappa shape index (κ2) is 9.25. The average Bonchev–Trinajstić information content (AvgIpc) is 2.78. The molecule has 2 aromatic carbocycles. The number of amides is 2. The van der Waals surface area contributed by atoms with Gasteiger partial charge in [-0.25, -0.2) is 0 Å². The highest BCUT2D eigenvalue weighted by Crippen LogP contribution is 2.35. The number of benzene rings is 2. The number of piperidine rings is 1. The molecular formula is C24H25ClF3N3O2. The van der Waals surface area contributed by atoms with E-state index < -0.39 is 17.8 Å². The topological polar surface area (TPSA) is 52.7 Å². The van der Waals surface area contributed by atoms with Crippen LogP contribution in [0, 0.1) is 0 Å². The van der Waals surface area contributed by atoms with Crippen molar-refractivity contribution < 1.29 is 22.8 Å². The summed E-state index contributed by atoms with van der Waals surface area (Å²) in [4.78, 5) is 28.3. The van der Waals surface area contributed by atoms with Gasteiger partial charge >= 0.3 is 6.18 Å². The van der Waals surface area contributed by atoms with Crippen molar-refractivity contribution in [3.05, 3.63) is 58.1 Å². The summed E-state index contributed by atoms with van der Waals surface area (Å²) in [5.41, 5.74) is 2.19. The highest BCUT2D eigenvalue weighted by Gasteiger charge is 2.32. The van der Waals surface area contributed by atoms with Gasteiger partial charge in [0.25, 0.3) is 0 Å². The third-order valence-corrected chi connectivity index (χ3v) is 6.61. The molecule has 0 radical (unpaired) electrons. The van der Waals surface area contributed by atoms with E-state index in [1.807, 2.05) is 4.90 Å². The molecule has 0 aromatic heterocycles. The fraction of sp³-hybridized carbons (Fsp3) is 0.417. The average molecular weight is 480 g/mol. The summed E-state index contributed by atoms with van der Waals surface area (Å²) in [6.45, 7) is 3.04. The first-order valence-electron chi connectivity index (χ1n) is 10.9. The van der Waals surface area contributed by atoms with E-state index in [9.17, 15) is 22.8 Å². The Balaban J connectivity index is 1.46. The van der Waals surface area contributed by atoms with Gasteiger partial charge in [-0.15, -0.1) is 0 Å². The Kier molecular flexibility index (Phi) is 6.56. The quantitative estimate of drug-likeness (QED) is 0.653. The molecule has 1 fully saturated rings. The van der Waals surface area contributed by atoms with Crippen LogP contribution in [0.15, 0.2) is 36.4 Å². The summed E-state index contributed by atoms with van der Waals surface area (Å²) in [6, 6.07) is 8.59. The number of nitrogens with zero attached hydrogens (tertiary/aromatic N) is 2. The monoisotopic (exact) mass is 479 g/mol. The van der Waals surface area contributed by atoms with E-state index in [1.165, 1.54) is 19.1 Å². The zero-order chi connectivity index (χ0) is 23.8. The first-order valence-corrected chi connectivity index (χ1v) is 11.3. The van der Waals surface area contributed by atoms with Crippen LogP contribution < -0.4 is 10.2 Å². The Morgan fingerprint density at radius 1 is 1.06 bits per heavy atom. The first kappa shape index (κ1) is 23.4. The molecule has 0 unspecified atom stereocenters. The lowest BCUT2D eigenvalue weighted by molar-refractivity contribution is -0.138. The molecule has 0 bridgehead atoms. The van der Waals surface area contributed by atoms with E-state index in [0.29, 0.717) is 48.7 Å². The van der Waals surface area contributed by atoms with Gasteiger partial charge in [0.1, 0.15) is 6.04 Å². The third kappa shape index (κ3) is 5.11. The van der Waals surface area contributed by atoms with E-state index in [4.69, 9.17) is 11.6 Å². The van der Waals surface area contributed by atoms with Crippen molar-refractivity contribution in [3.8, 4) is 0 Å². The maximum absolute atomic E-state index is 13.0. The SMILES string of the molecule is CC(=O)N1CCCC[C@@H]1C(=O)Nc1ccc(N2CCc3cc(C(F)(F)F)ccc3C2)c(Cl)c1. The summed E-state index contributed by atoms with van der Waals surface area (Å²) < 4.78 is 38.9. The summed E-state index contributed by atoms with van der Waals surface area (Å²) in [7, 11) is 0. The van der Waals surface area contributed by atoms with Crippen molar-refractivity contribution in [3.63, 3.8) is 0 Å². The van der Waals surface area contributed by atoms with Crippen molar-refractivity contribution in [2.75, 3.05) is 23.3 Å². The molecule has 4 rings (SSSR count). The van der Waals surface area contributed by atoms with Crippen molar-refractivity contribution >= 4 is 34.8 Å². The Morgan fingerprint density at radius 3 is 2.55 bits per heavy atom. The van der Waals surface area contributed by atoms with Gasteiger partial charge in [0.05, 0.1) is 16.3 Å². The Morgan fingerprint density at radius 2 is 1.85 bits per heavy atom. The molecule has 0 aliphatic carbocycles. The Hall–Kier alpha value is -2.74. The van der Waals surface area contributed by atoms with E-state index in [2.05, 4.69) is 5.32 Å². The second-order valence-corrected chi connectivity index (χ2v) is 8.94. The van der Waals surface area contributed by atoms with Gasteiger partial charge in [-0.05, 0) is 67.1 Å². The van der Waals surface area contributed by atoms with Gasteiger partial charge in [-0.2, -0.15) is 13.2 Å². The van der Waals surface area contributed by atoms with Crippen molar-refractivity contribution in [2.24, 2.45) is 0 Å². The molecule has 0 spiro atoms. The van der Waals surface area contributed by atoms with Crippen LogP contribution in [0.25, 0.3) is 0 Å². The normalized spacial score (nSPS) is 18.6. The van der Waals surface area contributed by atoms with Crippen LogP contribution in [0.3, 0.4) is 0 Å². The van der Waals surface area contributed by atoms with Crippen LogP contribution in [0.2, 0.25) is 5.02 Å². The number of anilines is 2. The Labute approximate surface area is 195 Å². The number of hydrogen-bond acceptors (Lipinski definition) is 3. The molecule has 1 saturated heterocycles. The van der Waals surface area contributed by atoms with Gasteiger partial charge in [0, 0.05) is 32.2 Å². The van der Waals surface area contributed by atoms with Crippen LogP contribution in [-0.4, -0.2) is 35.8 Å². The van der Waals surface area contributed by atoms with Gasteiger partial charge in [-0.1, -0.05) is 17.7 Å². The molecule has 1 N–H and O–H groups in total. The minimum absolute atomic E-state index is 0.115. The van der Waals surface area contributed by atoms with Crippen LogP contribution in [0.5, 0.6) is 0 Å². The molecule has 1 atom stereocenters. The predicted molar refractivity (Wildman–Crippen MR) is 121 cm³/mol. The molecule has 2 aliphatic rings. The van der Waals surface area contributed by atoms with E-state index in [1.54, 1.807) is 23.1 Å². The molecule has 5 nitrogen and oxygen atoms in total. The van der Waals surface area contributed by atoms with Crippen LogP contribution in [0.4, 0.5) is 24.5 Å². The van der Waals surface area contributed by atoms with Crippen LogP contribution in [0.1, 0.15) is 42.9 Å². The van der Waals surface area contributed by atoms with Crippen molar-refractivity contribution in [2.45, 2.75) is 51.4 Å².